The summed E-state index contributed by atoms with van der Waals surface area (Å²) in [4.78, 5) is 12.5. The largest absolute Gasteiger partial charge is 0.399 e. The van der Waals surface area contributed by atoms with E-state index >= 15 is 0 Å². The topological polar surface area (TPSA) is 43.1 Å². The van der Waals surface area contributed by atoms with Crippen molar-refractivity contribution >= 4 is 44.5 Å². The van der Waals surface area contributed by atoms with Gasteiger partial charge < -0.3 is 5.73 Å². The van der Waals surface area contributed by atoms with Gasteiger partial charge in [0.25, 0.3) is 0 Å². The quantitative estimate of drug-likeness (QED) is 0.562. The maximum absolute atomic E-state index is 12.5. The number of thiophene rings is 1. The minimum atomic E-state index is -0.0494. The third-order valence-corrected chi connectivity index (χ3v) is 4.09. The number of ketones is 1. The van der Waals surface area contributed by atoms with Crippen LogP contribution < -0.4 is 5.73 Å². The summed E-state index contributed by atoms with van der Waals surface area (Å²) >= 11 is 7.50. The van der Waals surface area contributed by atoms with Crippen LogP contribution in [0.25, 0.3) is 10.1 Å². The molecule has 0 saturated heterocycles. The van der Waals surface area contributed by atoms with Crippen molar-refractivity contribution in [2.45, 2.75) is 0 Å². The van der Waals surface area contributed by atoms with E-state index < -0.39 is 0 Å². The van der Waals surface area contributed by atoms with Crippen LogP contribution in [0, 0.1) is 0 Å². The average molecular weight is 288 g/mol. The van der Waals surface area contributed by atoms with Crippen molar-refractivity contribution in [2.75, 3.05) is 5.73 Å². The molecule has 19 heavy (non-hydrogen) atoms. The third-order valence-electron chi connectivity index (χ3n) is 2.91. The molecule has 0 radical (unpaired) electrons. The number of nitrogens with two attached hydrogens (primary N) is 1. The highest BCUT2D eigenvalue weighted by atomic mass is 35.5. The lowest BCUT2D eigenvalue weighted by atomic mass is 10.0. The van der Waals surface area contributed by atoms with E-state index in [4.69, 9.17) is 17.3 Å². The molecule has 2 N–H and O–H groups in total. The molecule has 1 aromatic heterocycles. The first-order valence-corrected chi connectivity index (χ1v) is 6.98. The Morgan fingerprint density at radius 1 is 1.16 bits per heavy atom. The van der Waals surface area contributed by atoms with E-state index in [2.05, 4.69) is 0 Å². The van der Waals surface area contributed by atoms with Gasteiger partial charge in [0, 0.05) is 37.3 Å². The number of carbonyl (C=O) groups excluding carboxylic acids is 1. The van der Waals surface area contributed by atoms with Gasteiger partial charge in [0.1, 0.15) is 0 Å². The Balaban J connectivity index is 2.13. The van der Waals surface area contributed by atoms with Crippen molar-refractivity contribution in [3.8, 4) is 0 Å². The lowest BCUT2D eigenvalue weighted by molar-refractivity contribution is 0.104. The smallest absolute Gasteiger partial charge is 0.194 e. The van der Waals surface area contributed by atoms with Gasteiger partial charge in [-0.3, -0.25) is 4.79 Å². The van der Waals surface area contributed by atoms with Crippen LogP contribution >= 0.6 is 22.9 Å². The van der Waals surface area contributed by atoms with E-state index in [9.17, 15) is 4.79 Å². The van der Waals surface area contributed by atoms with Crippen LogP contribution in [0.5, 0.6) is 0 Å². The molecule has 94 valence electrons. The number of halogens is 1. The number of nitrogen functional groups attached to an aromatic ring is 1. The number of hydrogen-bond acceptors (Lipinski definition) is 3. The molecule has 0 unspecified atom stereocenters. The van der Waals surface area contributed by atoms with E-state index in [-0.39, 0.29) is 5.78 Å². The molecular weight excluding hydrogens is 278 g/mol. The molecule has 2 aromatic carbocycles. The minimum Gasteiger partial charge on any atom is -0.399 e. The Morgan fingerprint density at radius 2 is 1.95 bits per heavy atom. The van der Waals surface area contributed by atoms with Gasteiger partial charge in [0.05, 0.1) is 0 Å². The van der Waals surface area contributed by atoms with Gasteiger partial charge in [-0.25, -0.2) is 0 Å². The van der Waals surface area contributed by atoms with Crippen LogP contribution in [0.4, 0.5) is 5.69 Å². The Labute approximate surface area is 119 Å². The summed E-state index contributed by atoms with van der Waals surface area (Å²) in [5.74, 6) is -0.0494. The fourth-order valence-corrected chi connectivity index (χ4v) is 3.24. The van der Waals surface area contributed by atoms with Crippen molar-refractivity contribution < 1.29 is 4.79 Å². The number of hydrogen-bond donors (Lipinski definition) is 1. The highest BCUT2D eigenvalue weighted by Gasteiger charge is 2.14. The van der Waals surface area contributed by atoms with Crippen LogP contribution in [0.15, 0.2) is 47.8 Å². The molecule has 2 nitrogen and oxygen atoms in total. The van der Waals surface area contributed by atoms with E-state index in [1.165, 1.54) is 0 Å². The van der Waals surface area contributed by atoms with Crippen LogP contribution in [0.2, 0.25) is 5.02 Å². The maximum atomic E-state index is 12.5. The van der Waals surface area contributed by atoms with Gasteiger partial charge in [0.15, 0.2) is 5.78 Å². The molecular formula is C15H10ClNOS. The first-order chi connectivity index (χ1) is 9.15. The molecule has 0 saturated carbocycles. The van der Waals surface area contributed by atoms with Crippen molar-refractivity contribution in [2.24, 2.45) is 0 Å². The van der Waals surface area contributed by atoms with Crippen molar-refractivity contribution in [1.82, 2.24) is 0 Å². The highest BCUT2D eigenvalue weighted by molar-refractivity contribution is 7.17. The standard InChI is InChI=1S/C15H10ClNOS/c16-10-5-9(6-11(17)7-10)15(18)13-8-19-14-4-2-1-3-12(13)14/h1-8H,17H2. The minimum absolute atomic E-state index is 0.0494. The summed E-state index contributed by atoms with van der Waals surface area (Å²) in [6.07, 6.45) is 0. The zero-order valence-corrected chi connectivity index (χ0v) is 11.5. The predicted molar refractivity (Wildman–Crippen MR) is 81.1 cm³/mol. The van der Waals surface area contributed by atoms with Gasteiger partial charge in [-0.15, -0.1) is 11.3 Å². The van der Waals surface area contributed by atoms with Crippen LogP contribution in [0.1, 0.15) is 15.9 Å². The van der Waals surface area contributed by atoms with Gasteiger partial charge >= 0.3 is 0 Å². The number of rotatable bonds is 2. The monoisotopic (exact) mass is 287 g/mol. The SMILES string of the molecule is Nc1cc(Cl)cc(C(=O)c2csc3ccccc23)c1. The lowest BCUT2D eigenvalue weighted by Crippen LogP contribution is -2.01. The molecule has 3 rings (SSSR count). The maximum Gasteiger partial charge on any atom is 0.194 e. The summed E-state index contributed by atoms with van der Waals surface area (Å²) in [6, 6.07) is 12.8. The Morgan fingerprint density at radius 3 is 2.74 bits per heavy atom. The number of benzene rings is 2. The molecule has 1 heterocycles. The fourth-order valence-electron chi connectivity index (χ4n) is 2.05. The lowest BCUT2D eigenvalue weighted by Gasteiger charge is -2.02. The van der Waals surface area contributed by atoms with Crippen molar-refractivity contribution in [3.63, 3.8) is 0 Å². The second kappa shape index (κ2) is 4.68. The Hall–Kier alpha value is -1.84. The van der Waals surface area contributed by atoms with Crippen LogP contribution in [0.3, 0.4) is 0 Å². The molecule has 0 fully saturated rings. The van der Waals surface area contributed by atoms with Crippen molar-refractivity contribution in [3.05, 3.63) is 64.0 Å². The molecule has 0 aliphatic rings. The average Bonchev–Trinajstić information content (AvgIpc) is 2.80. The van der Waals surface area contributed by atoms with E-state index in [1.807, 2.05) is 29.6 Å². The van der Waals surface area contributed by atoms with Gasteiger partial charge in [-0.2, -0.15) is 0 Å². The Bertz CT molecular complexity index is 758. The first-order valence-electron chi connectivity index (χ1n) is 5.72. The number of anilines is 1. The molecule has 3 aromatic rings. The molecule has 4 heteroatoms. The molecule has 0 atom stereocenters. The summed E-state index contributed by atoms with van der Waals surface area (Å²) in [7, 11) is 0. The van der Waals surface area contributed by atoms with E-state index in [1.54, 1.807) is 29.5 Å². The van der Waals surface area contributed by atoms with Gasteiger partial charge in [-0.05, 0) is 24.3 Å². The highest BCUT2D eigenvalue weighted by Crippen LogP contribution is 2.28. The second-order valence-electron chi connectivity index (χ2n) is 4.25. The zero-order chi connectivity index (χ0) is 13.4. The molecule has 0 bridgehead atoms. The van der Waals surface area contributed by atoms with Crippen LogP contribution in [-0.4, -0.2) is 5.78 Å². The van der Waals surface area contributed by atoms with Gasteiger partial charge in [0.2, 0.25) is 0 Å². The molecule has 0 spiro atoms. The zero-order valence-electron chi connectivity index (χ0n) is 9.89. The summed E-state index contributed by atoms with van der Waals surface area (Å²) in [6.45, 7) is 0. The Kier molecular flexibility index (Phi) is 3.01. The second-order valence-corrected chi connectivity index (χ2v) is 5.60. The van der Waals surface area contributed by atoms with Gasteiger partial charge in [-0.1, -0.05) is 29.8 Å². The predicted octanol–water partition coefficient (Wildman–Crippen LogP) is 4.37. The molecule has 0 aliphatic heterocycles. The number of carbonyl (C=O) groups is 1. The fraction of sp³-hybridized carbons (Fsp3) is 0. The van der Waals surface area contributed by atoms with Crippen molar-refractivity contribution in [1.29, 1.82) is 0 Å². The van der Waals surface area contributed by atoms with E-state index in [0.717, 1.165) is 10.1 Å². The molecule has 0 aliphatic carbocycles. The van der Waals surface area contributed by atoms with E-state index in [0.29, 0.717) is 21.8 Å². The number of fused-ring (bicyclic) bond motifs is 1. The normalized spacial score (nSPS) is 10.8. The molecule has 0 amide bonds. The van der Waals surface area contributed by atoms with Crippen LogP contribution in [-0.2, 0) is 0 Å². The first kappa shape index (κ1) is 12.2. The summed E-state index contributed by atoms with van der Waals surface area (Å²) in [5, 5.41) is 3.32. The summed E-state index contributed by atoms with van der Waals surface area (Å²) in [5.41, 5.74) is 7.44. The third kappa shape index (κ3) is 2.23. The summed E-state index contributed by atoms with van der Waals surface area (Å²) < 4.78 is 1.10.